The van der Waals surface area contributed by atoms with Gasteiger partial charge in [0, 0.05) is 17.1 Å². The minimum absolute atomic E-state index is 0.00651. The SMILES string of the molecule is Cc1cc(Cn2c(C)c(C(=O)O)c3cccc(F)c3c2=O)no1. The smallest absolute Gasteiger partial charge is 0.338 e. The summed E-state index contributed by atoms with van der Waals surface area (Å²) in [6.45, 7) is 3.23. The number of hydrogen-bond donors (Lipinski definition) is 1. The molecule has 0 atom stereocenters. The highest BCUT2D eigenvalue weighted by Gasteiger charge is 2.21. The van der Waals surface area contributed by atoms with Crippen LogP contribution in [0.2, 0.25) is 0 Å². The van der Waals surface area contributed by atoms with Gasteiger partial charge in [0.1, 0.15) is 17.3 Å². The van der Waals surface area contributed by atoms with E-state index < -0.39 is 17.3 Å². The third-order valence-electron chi connectivity index (χ3n) is 3.72. The number of hydrogen-bond acceptors (Lipinski definition) is 4. The van der Waals surface area contributed by atoms with E-state index in [1.807, 2.05) is 0 Å². The fraction of sp³-hybridized carbons (Fsp3) is 0.188. The lowest BCUT2D eigenvalue weighted by Crippen LogP contribution is -2.27. The van der Waals surface area contributed by atoms with Gasteiger partial charge in [-0.1, -0.05) is 17.3 Å². The fourth-order valence-corrected chi connectivity index (χ4v) is 2.68. The maximum absolute atomic E-state index is 14.1. The molecule has 6 nitrogen and oxygen atoms in total. The molecule has 0 radical (unpaired) electrons. The number of halogens is 1. The molecule has 0 saturated heterocycles. The van der Waals surface area contributed by atoms with E-state index in [-0.39, 0.29) is 28.6 Å². The van der Waals surface area contributed by atoms with Crippen LogP contribution in [-0.2, 0) is 6.54 Å². The number of aromatic carboxylic acids is 1. The average Bonchev–Trinajstić information content (AvgIpc) is 2.88. The van der Waals surface area contributed by atoms with Gasteiger partial charge < -0.3 is 14.2 Å². The zero-order valence-corrected chi connectivity index (χ0v) is 12.5. The van der Waals surface area contributed by atoms with E-state index in [1.54, 1.807) is 13.0 Å². The van der Waals surface area contributed by atoms with Gasteiger partial charge in [-0.25, -0.2) is 9.18 Å². The molecule has 3 aromatic rings. The van der Waals surface area contributed by atoms with Crippen molar-refractivity contribution in [2.45, 2.75) is 20.4 Å². The maximum atomic E-state index is 14.1. The first-order chi connectivity index (χ1) is 10.9. The van der Waals surface area contributed by atoms with Crippen LogP contribution >= 0.6 is 0 Å². The molecule has 0 aliphatic carbocycles. The summed E-state index contributed by atoms with van der Waals surface area (Å²) < 4.78 is 20.3. The maximum Gasteiger partial charge on any atom is 0.338 e. The molecule has 0 fully saturated rings. The van der Waals surface area contributed by atoms with Crippen LogP contribution in [0.15, 0.2) is 33.6 Å². The molecule has 0 aliphatic heterocycles. The summed E-state index contributed by atoms with van der Waals surface area (Å²) >= 11 is 0. The number of benzene rings is 1. The molecule has 1 aromatic carbocycles. The van der Waals surface area contributed by atoms with Crippen molar-refractivity contribution in [2.24, 2.45) is 0 Å². The second-order valence-corrected chi connectivity index (χ2v) is 5.25. The molecule has 0 unspecified atom stereocenters. The molecule has 2 heterocycles. The van der Waals surface area contributed by atoms with Gasteiger partial charge in [-0.2, -0.15) is 0 Å². The molecule has 23 heavy (non-hydrogen) atoms. The van der Waals surface area contributed by atoms with E-state index >= 15 is 0 Å². The summed E-state index contributed by atoms with van der Waals surface area (Å²) in [5, 5.41) is 13.1. The van der Waals surface area contributed by atoms with Crippen molar-refractivity contribution in [3.63, 3.8) is 0 Å². The highest BCUT2D eigenvalue weighted by atomic mass is 19.1. The zero-order chi connectivity index (χ0) is 16.7. The van der Waals surface area contributed by atoms with Crippen molar-refractivity contribution in [1.82, 2.24) is 9.72 Å². The van der Waals surface area contributed by atoms with Crippen LogP contribution in [0.5, 0.6) is 0 Å². The molecular formula is C16H13FN2O4. The number of aromatic nitrogens is 2. The Hall–Kier alpha value is -2.96. The van der Waals surface area contributed by atoms with Gasteiger partial charge in [0.25, 0.3) is 5.56 Å². The summed E-state index contributed by atoms with van der Waals surface area (Å²) in [4.78, 5) is 24.2. The monoisotopic (exact) mass is 316 g/mol. The molecule has 7 heteroatoms. The highest BCUT2D eigenvalue weighted by molar-refractivity contribution is 6.04. The number of aryl methyl sites for hydroxylation is 1. The number of pyridine rings is 1. The third kappa shape index (κ3) is 2.40. The molecular weight excluding hydrogens is 303 g/mol. The van der Waals surface area contributed by atoms with Crippen LogP contribution in [0.4, 0.5) is 4.39 Å². The van der Waals surface area contributed by atoms with Crippen LogP contribution in [0, 0.1) is 19.7 Å². The summed E-state index contributed by atoms with van der Waals surface area (Å²) in [5.41, 5.74) is 0.00144. The van der Waals surface area contributed by atoms with Crippen LogP contribution in [0.25, 0.3) is 10.8 Å². The average molecular weight is 316 g/mol. The fourth-order valence-electron chi connectivity index (χ4n) is 2.68. The topological polar surface area (TPSA) is 85.3 Å². The molecule has 118 valence electrons. The Morgan fingerprint density at radius 1 is 1.39 bits per heavy atom. The van der Waals surface area contributed by atoms with Crippen LogP contribution in [0.1, 0.15) is 27.5 Å². The molecule has 3 rings (SSSR count). The first kappa shape index (κ1) is 15.0. The van der Waals surface area contributed by atoms with Crippen molar-refractivity contribution in [1.29, 1.82) is 0 Å². The first-order valence-corrected chi connectivity index (χ1v) is 6.87. The molecule has 0 aliphatic rings. The Morgan fingerprint density at radius 3 is 2.74 bits per heavy atom. The lowest BCUT2D eigenvalue weighted by molar-refractivity contribution is 0.0697. The predicted octanol–water partition coefficient (Wildman–Crippen LogP) is 2.49. The lowest BCUT2D eigenvalue weighted by atomic mass is 10.0. The Morgan fingerprint density at radius 2 is 2.13 bits per heavy atom. The van der Waals surface area contributed by atoms with E-state index in [9.17, 15) is 19.1 Å². The van der Waals surface area contributed by atoms with Gasteiger partial charge in [-0.3, -0.25) is 4.79 Å². The van der Waals surface area contributed by atoms with Gasteiger partial charge in [-0.15, -0.1) is 0 Å². The normalized spacial score (nSPS) is 11.1. The van der Waals surface area contributed by atoms with Crippen LogP contribution < -0.4 is 5.56 Å². The standard InChI is InChI=1S/C16H13FN2O4/c1-8-6-10(18-23-8)7-19-9(2)13(16(21)22)11-4-3-5-12(17)14(11)15(19)20/h3-6H,7H2,1-2H3,(H,21,22). The van der Waals surface area contributed by atoms with Gasteiger partial charge in [0.05, 0.1) is 17.5 Å². The van der Waals surface area contributed by atoms with Crippen LogP contribution in [-0.4, -0.2) is 20.8 Å². The molecule has 0 spiro atoms. The van der Waals surface area contributed by atoms with Crippen molar-refractivity contribution in [3.05, 3.63) is 63.1 Å². The lowest BCUT2D eigenvalue weighted by Gasteiger charge is -2.14. The number of carbonyl (C=O) groups is 1. The zero-order valence-electron chi connectivity index (χ0n) is 12.5. The Balaban J connectivity index is 2.35. The summed E-state index contributed by atoms with van der Waals surface area (Å²) in [6, 6.07) is 5.59. The minimum atomic E-state index is -1.22. The van der Waals surface area contributed by atoms with Crippen molar-refractivity contribution in [3.8, 4) is 0 Å². The Labute approximate surface area is 129 Å². The van der Waals surface area contributed by atoms with Crippen LogP contribution in [0.3, 0.4) is 0 Å². The van der Waals surface area contributed by atoms with Gasteiger partial charge in [0.2, 0.25) is 0 Å². The van der Waals surface area contributed by atoms with Gasteiger partial charge in [0.15, 0.2) is 0 Å². The van der Waals surface area contributed by atoms with Gasteiger partial charge in [-0.05, 0) is 19.9 Å². The largest absolute Gasteiger partial charge is 0.478 e. The van der Waals surface area contributed by atoms with Crippen molar-refractivity contribution >= 4 is 16.7 Å². The summed E-state index contributed by atoms with van der Waals surface area (Å²) in [5.74, 6) is -1.40. The number of carboxylic acids is 1. The van der Waals surface area contributed by atoms with E-state index in [0.717, 1.165) is 6.07 Å². The molecule has 2 aromatic heterocycles. The van der Waals surface area contributed by atoms with Crippen molar-refractivity contribution < 1.29 is 18.8 Å². The number of carboxylic acid groups (broad SMARTS) is 1. The van der Waals surface area contributed by atoms with E-state index in [4.69, 9.17) is 4.52 Å². The molecule has 1 N–H and O–H groups in total. The molecule has 0 saturated carbocycles. The predicted molar refractivity (Wildman–Crippen MR) is 80.2 cm³/mol. The second-order valence-electron chi connectivity index (χ2n) is 5.25. The van der Waals surface area contributed by atoms with Gasteiger partial charge >= 0.3 is 5.97 Å². The second kappa shape index (κ2) is 5.35. The first-order valence-electron chi connectivity index (χ1n) is 6.87. The number of fused-ring (bicyclic) bond motifs is 1. The minimum Gasteiger partial charge on any atom is -0.478 e. The van der Waals surface area contributed by atoms with E-state index in [1.165, 1.54) is 23.6 Å². The van der Waals surface area contributed by atoms with E-state index in [2.05, 4.69) is 5.16 Å². The van der Waals surface area contributed by atoms with E-state index in [0.29, 0.717) is 11.5 Å². The Bertz CT molecular complexity index is 988. The number of nitrogens with zero attached hydrogens (tertiary/aromatic N) is 2. The third-order valence-corrected chi connectivity index (χ3v) is 3.72. The number of rotatable bonds is 3. The van der Waals surface area contributed by atoms with Crippen molar-refractivity contribution in [2.75, 3.05) is 0 Å². The molecule has 0 bridgehead atoms. The quantitative estimate of drug-likeness (QED) is 0.802. The molecule has 0 amide bonds. The highest BCUT2D eigenvalue weighted by Crippen LogP contribution is 2.22. The summed E-state index contributed by atoms with van der Waals surface area (Å²) in [7, 11) is 0. The summed E-state index contributed by atoms with van der Waals surface area (Å²) in [6.07, 6.45) is 0. The Kier molecular flexibility index (Phi) is 3.48.